The first-order chi connectivity index (χ1) is 13.0. The number of anilines is 1. The summed E-state index contributed by atoms with van der Waals surface area (Å²) in [5.74, 6) is 0.975. The molecule has 0 aliphatic carbocycles. The Morgan fingerprint density at radius 1 is 1.11 bits per heavy atom. The van der Waals surface area contributed by atoms with E-state index in [0.717, 1.165) is 16.8 Å². The summed E-state index contributed by atoms with van der Waals surface area (Å²) in [4.78, 5) is 11.8. The van der Waals surface area contributed by atoms with E-state index in [-0.39, 0.29) is 12.5 Å². The lowest BCUT2D eigenvalue weighted by molar-refractivity contribution is -0.119. The first-order valence-corrected chi connectivity index (χ1v) is 8.88. The molecular weight excluding hydrogens is 362 g/mol. The summed E-state index contributed by atoms with van der Waals surface area (Å²) in [6.07, 6.45) is 1.46. The molecular formula is C21H20ClN3O2. The number of hydrogen-bond acceptors (Lipinski definition) is 4. The molecule has 138 valence electrons. The third-order valence-electron chi connectivity index (χ3n) is 3.97. The summed E-state index contributed by atoms with van der Waals surface area (Å²) in [6, 6.07) is 17.2. The lowest BCUT2D eigenvalue weighted by atomic mass is 10.1. The Morgan fingerprint density at radius 3 is 2.63 bits per heavy atom. The van der Waals surface area contributed by atoms with Crippen LogP contribution in [0.5, 0.6) is 0 Å². The number of furan rings is 1. The van der Waals surface area contributed by atoms with Crippen LogP contribution in [-0.2, 0) is 4.79 Å². The lowest BCUT2D eigenvalue weighted by Gasteiger charge is -2.05. The van der Waals surface area contributed by atoms with Crippen molar-refractivity contribution in [1.82, 2.24) is 5.43 Å². The molecule has 3 aromatic rings. The number of nitrogens with one attached hydrogen (secondary N) is 2. The quantitative estimate of drug-likeness (QED) is 0.477. The molecule has 2 aromatic carbocycles. The van der Waals surface area contributed by atoms with Gasteiger partial charge in [-0.2, -0.15) is 5.10 Å². The first-order valence-electron chi connectivity index (χ1n) is 8.50. The van der Waals surface area contributed by atoms with E-state index in [1.165, 1.54) is 11.8 Å². The molecule has 0 atom stereocenters. The van der Waals surface area contributed by atoms with Crippen molar-refractivity contribution in [2.24, 2.45) is 5.10 Å². The number of hydrogen-bond donors (Lipinski definition) is 2. The van der Waals surface area contributed by atoms with Gasteiger partial charge in [-0.05, 0) is 49.7 Å². The third kappa shape index (κ3) is 5.21. The minimum atomic E-state index is -0.246. The van der Waals surface area contributed by atoms with Gasteiger partial charge in [0.05, 0.1) is 12.8 Å². The maximum atomic E-state index is 11.8. The second-order valence-corrected chi connectivity index (χ2v) is 6.59. The summed E-state index contributed by atoms with van der Waals surface area (Å²) >= 11 is 6.15. The lowest BCUT2D eigenvalue weighted by Crippen LogP contribution is -2.25. The maximum absolute atomic E-state index is 11.8. The number of hydrazone groups is 1. The Hall–Kier alpha value is -3.05. The van der Waals surface area contributed by atoms with Crippen molar-refractivity contribution in [3.8, 4) is 11.3 Å². The van der Waals surface area contributed by atoms with Crippen LogP contribution in [0.3, 0.4) is 0 Å². The highest BCUT2D eigenvalue weighted by Crippen LogP contribution is 2.26. The van der Waals surface area contributed by atoms with Gasteiger partial charge in [0.25, 0.3) is 5.91 Å². The van der Waals surface area contributed by atoms with Gasteiger partial charge in [-0.25, -0.2) is 5.43 Å². The van der Waals surface area contributed by atoms with Crippen LogP contribution in [-0.4, -0.2) is 18.7 Å². The Bertz CT molecular complexity index is 962. The van der Waals surface area contributed by atoms with Crippen molar-refractivity contribution in [1.29, 1.82) is 0 Å². The van der Waals surface area contributed by atoms with Gasteiger partial charge in [-0.1, -0.05) is 41.4 Å². The van der Waals surface area contributed by atoms with Gasteiger partial charge >= 0.3 is 0 Å². The monoisotopic (exact) mass is 381 g/mol. The number of halogens is 1. The average Bonchev–Trinajstić information content (AvgIpc) is 3.12. The van der Waals surface area contributed by atoms with Crippen molar-refractivity contribution < 1.29 is 9.21 Å². The van der Waals surface area contributed by atoms with Crippen LogP contribution in [0.4, 0.5) is 5.69 Å². The summed E-state index contributed by atoms with van der Waals surface area (Å²) < 4.78 is 5.71. The Kier molecular flexibility index (Phi) is 5.94. The van der Waals surface area contributed by atoms with Gasteiger partial charge in [0.15, 0.2) is 0 Å². The van der Waals surface area contributed by atoms with Crippen molar-refractivity contribution >= 4 is 29.4 Å². The minimum Gasteiger partial charge on any atom is -0.455 e. The molecule has 0 saturated heterocycles. The number of carbonyl (C=O) groups is 1. The summed E-state index contributed by atoms with van der Waals surface area (Å²) in [5.41, 5.74) is 6.41. The molecule has 0 unspecified atom stereocenters. The van der Waals surface area contributed by atoms with E-state index >= 15 is 0 Å². The zero-order chi connectivity index (χ0) is 19.2. The van der Waals surface area contributed by atoms with Gasteiger partial charge in [0, 0.05) is 16.3 Å². The van der Waals surface area contributed by atoms with E-state index in [0.29, 0.717) is 16.5 Å². The van der Waals surface area contributed by atoms with Crippen LogP contribution in [0.15, 0.2) is 64.1 Å². The Morgan fingerprint density at radius 2 is 1.89 bits per heavy atom. The second-order valence-electron chi connectivity index (χ2n) is 6.18. The highest BCUT2D eigenvalue weighted by Gasteiger charge is 2.06. The highest BCUT2D eigenvalue weighted by molar-refractivity contribution is 6.31. The van der Waals surface area contributed by atoms with Crippen LogP contribution >= 0.6 is 11.6 Å². The SMILES string of the molecule is Cc1ccc(NCC(=O)N/N=C\c2ccc(-c3ccc(C)c(Cl)c3)o2)cc1. The molecule has 0 fully saturated rings. The minimum absolute atomic E-state index is 0.131. The topological polar surface area (TPSA) is 66.6 Å². The second kappa shape index (κ2) is 8.56. The largest absolute Gasteiger partial charge is 0.455 e. The van der Waals surface area contributed by atoms with Gasteiger partial charge in [0.1, 0.15) is 11.5 Å². The molecule has 3 rings (SSSR count). The molecule has 0 radical (unpaired) electrons. The number of benzene rings is 2. The van der Waals surface area contributed by atoms with E-state index in [2.05, 4.69) is 15.8 Å². The molecule has 0 aliphatic rings. The Balaban J connectivity index is 1.52. The fraction of sp³-hybridized carbons (Fsp3) is 0.143. The molecule has 0 aliphatic heterocycles. The molecule has 0 spiro atoms. The highest BCUT2D eigenvalue weighted by atomic mass is 35.5. The van der Waals surface area contributed by atoms with Gasteiger partial charge in [0.2, 0.25) is 0 Å². The van der Waals surface area contributed by atoms with Crippen molar-refractivity contribution in [2.75, 3.05) is 11.9 Å². The number of amides is 1. The van der Waals surface area contributed by atoms with Crippen LogP contribution in [0, 0.1) is 13.8 Å². The average molecular weight is 382 g/mol. The van der Waals surface area contributed by atoms with Gasteiger partial charge < -0.3 is 9.73 Å². The van der Waals surface area contributed by atoms with E-state index in [4.69, 9.17) is 16.0 Å². The van der Waals surface area contributed by atoms with E-state index in [1.54, 1.807) is 6.07 Å². The molecule has 6 heteroatoms. The fourth-order valence-corrected chi connectivity index (χ4v) is 2.57. The smallest absolute Gasteiger partial charge is 0.259 e. The summed E-state index contributed by atoms with van der Waals surface area (Å²) in [7, 11) is 0. The van der Waals surface area contributed by atoms with E-state index in [9.17, 15) is 4.79 Å². The third-order valence-corrected chi connectivity index (χ3v) is 4.38. The predicted molar refractivity (Wildman–Crippen MR) is 109 cm³/mol. The Labute approximate surface area is 163 Å². The zero-order valence-electron chi connectivity index (χ0n) is 15.1. The normalized spacial score (nSPS) is 10.9. The van der Waals surface area contributed by atoms with Crippen LogP contribution in [0.2, 0.25) is 5.02 Å². The summed E-state index contributed by atoms with van der Waals surface area (Å²) in [6.45, 7) is 4.09. The maximum Gasteiger partial charge on any atom is 0.259 e. The number of rotatable bonds is 6. The molecule has 1 amide bonds. The molecule has 1 aromatic heterocycles. The molecule has 5 nitrogen and oxygen atoms in total. The van der Waals surface area contributed by atoms with Gasteiger partial charge in [-0.15, -0.1) is 0 Å². The van der Waals surface area contributed by atoms with Crippen molar-refractivity contribution in [3.05, 3.63) is 76.5 Å². The fourth-order valence-electron chi connectivity index (χ4n) is 2.38. The molecule has 1 heterocycles. The number of nitrogens with zero attached hydrogens (tertiary/aromatic N) is 1. The van der Waals surface area contributed by atoms with Crippen LogP contribution < -0.4 is 10.7 Å². The van der Waals surface area contributed by atoms with Crippen molar-refractivity contribution in [2.45, 2.75) is 13.8 Å². The zero-order valence-corrected chi connectivity index (χ0v) is 15.9. The summed E-state index contributed by atoms with van der Waals surface area (Å²) in [5, 5.41) is 7.64. The number of carbonyl (C=O) groups excluding carboxylic acids is 1. The first kappa shape index (κ1) is 18.7. The van der Waals surface area contributed by atoms with Gasteiger partial charge in [-0.3, -0.25) is 4.79 Å². The van der Waals surface area contributed by atoms with E-state index in [1.807, 2.05) is 62.4 Å². The standard InChI is InChI=1S/C21H20ClN3O2/c1-14-3-7-17(8-4-14)23-13-21(26)25-24-12-18-9-10-20(27-18)16-6-5-15(2)19(22)11-16/h3-12,23H,13H2,1-2H3,(H,25,26)/b24-12-. The number of aryl methyl sites for hydroxylation is 2. The van der Waals surface area contributed by atoms with Crippen LogP contribution in [0.25, 0.3) is 11.3 Å². The van der Waals surface area contributed by atoms with E-state index < -0.39 is 0 Å². The molecule has 0 bridgehead atoms. The predicted octanol–water partition coefficient (Wildman–Crippen LogP) is 4.78. The molecule has 27 heavy (non-hydrogen) atoms. The molecule has 0 saturated carbocycles. The van der Waals surface area contributed by atoms with Crippen LogP contribution in [0.1, 0.15) is 16.9 Å². The molecule has 2 N–H and O–H groups in total. The van der Waals surface area contributed by atoms with Crippen molar-refractivity contribution in [3.63, 3.8) is 0 Å².